The summed E-state index contributed by atoms with van der Waals surface area (Å²) < 4.78 is 24.6. The van der Waals surface area contributed by atoms with Crippen LogP contribution in [-0.4, -0.2) is 136 Å². The van der Waals surface area contributed by atoms with Crippen LogP contribution < -0.4 is 0 Å². The highest BCUT2D eigenvalue weighted by molar-refractivity contribution is 6.03. The van der Waals surface area contributed by atoms with Gasteiger partial charge in [0, 0.05) is 31.7 Å². The van der Waals surface area contributed by atoms with E-state index in [0.29, 0.717) is 25.2 Å². The topological polar surface area (TPSA) is 101 Å². The van der Waals surface area contributed by atoms with E-state index in [9.17, 15) is 14.7 Å². The lowest BCUT2D eigenvalue weighted by Crippen LogP contribution is -2.55. The van der Waals surface area contributed by atoms with E-state index >= 15 is 0 Å². The van der Waals surface area contributed by atoms with E-state index in [-0.39, 0.29) is 43.1 Å². The number of ketones is 1. The summed E-state index contributed by atoms with van der Waals surface area (Å²) in [6.07, 6.45) is 2.14. The van der Waals surface area contributed by atoms with E-state index in [2.05, 4.69) is 30.8 Å². The molecule has 3 fully saturated rings. The fraction of sp³-hybridized carbons (Fsp3) is 0.938. The highest BCUT2D eigenvalue weighted by atomic mass is 16.7. The van der Waals surface area contributed by atoms with Crippen LogP contribution in [-0.2, 0) is 28.5 Å². The summed E-state index contributed by atoms with van der Waals surface area (Å²) in [7, 11) is 9.83. The zero-order valence-corrected chi connectivity index (χ0v) is 27.9. The Morgan fingerprint density at radius 3 is 2.31 bits per heavy atom. The van der Waals surface area contributed by atoms with E-state index in [4.69, 9.17) is 18.9 Å². The first-order chi connectivity index (χ1) is 19.6. The van der Waals surface area contributed by atoms with Crippen LogP contribution in [0.3, 0.4) is 0 Å². The molecule has 0 bridgehead atoms. The van der Waals surface area contributed by atoms with Crippen LogP contribution in [0.2, 0.25) is 0 Å². The number of nitrogens with zero attached hydrogens (tertiary/aromatic N) is 3. The Kier molecular flexibility index (Phi) is 12.4. The summed E-state index contributed by atoms with van der Waals surface area (Å²) in [5.74, 6) is -0.511. The van der Waals surface area contributed by atoms with Gasteiger partial charge < -0.3 is 33.9 Å². The summed E-state index contributed by atoms with van der Waals surface area (Å²) in [4.78, 5) is 33.9. The molecule has 0 spiro atoms. The van der Waals surface area contributed by atoms with Gasteiger partial charge in [-0.15, -0.1) is 0 Å². The van der Waals surface area contributed by atoms with E-state index in [1.165, 1.54) is 0 Å². The highest BCUT2D eigenvalue weighted by Gasteiger charge is 2.46. The van der Waals surface area contributed by atoms with Crippen LogP contribution in [0.5, 0.6) is 0 Å². The first kappa shape index (κ1) is 35.3. The van der Waals surface area contributed by atoms with Crippen molar-refractivity contribution in [2.75, 3.05) is 68.1 Å². The number of likely N-dealkylation sites (N-methyl/N-ethyl adjacent to an activating group) is 2. The van der Waals surface area contributed by atoms with Crippen LogP contribution in [0.1, 0.15) is 66.7 Å². The van der Waals surface area contributed by atoms with Crippen molar-refractivity contribution in [3.63, 3.8) is 0 Å². The number of carbonyl (C=O) groups is 2. The minimum atomic E-state index is -1.29. The standard InChI is InChI=1S/C32H59N3O7/c1-21-16-32(39-10,20-41-29-27(36)25(33(6)7)15-23(3)42-29)17-22(2)28(37)31(4,5)30(38)40-19-26(35(9)18-21)24-11-13-34(8)14-12-24/h21-27,29,36H,11-20H2,1-10H3/t21-,22-,23-,25+,26+,27-,29-,32-/m1/s1. The fourth-order valence-corrected chi connectivity index (χ4v) is 7.41. The maximum Gasteiger partial charge on any atom is 0.319 e. The molecule has 244 valence electrons. The SMILES string of the molecule is CO[C@]1(CO[C@@H]2O[C@H](C)C[C@H](N(C)C)[C@H]2O)C[C@@H](C)CN(C)[C@H](C2CCN(C)CC2)COC(=O)C(C)(C)C(=O)[C@H](C)C1. The second-order valence-electron chi connectivity index (χ2n) is 14.4. The van der Waals surface area contributed by atoms with Crippen LogP contribution in [0.15, 0.2) is 0 Å². The Morgan fingerprint density at radius 2 is 1.71 bits per heavy atom. The molecule has 0 aromatic heterocycles. The Balaban J connectivity index is 1.89. The number of aliphatic hydroxyl groups is 1. The number of carbonyl (C=O) groups excluding carboxylic acids is 2. The highest BCUT2D eigenvalue weighted by Crippen LogP contribution is 2.36. The molecule has 42 heavy (non-hydrogen) atoms. The summed E-state index contributed by atoms with van der Waals surface area (Å²) in [6, 6.07) is -0.0219. The number of likely N-dealkylation sites (tertiary alicyclic amines) is 1. The fourth-order valence-electron chi connectivity index (χ4n) is 7.41. The largest absolute Gasteiger partial charge is 0.463 e. The zero-order chi connectivity index (χ0) is 31.4. The van der Waals surface area contributed by atoms with Gasteiger partial charge in [-0.2, -0.15) is 0 Å². The van der Waals surface area contributed by atoms with E-state index in [1.54, 1.807) is 21.0 Å². The number of hydrogen-bond donors (Lipinski definition) is 1. The minimum absolute atomic E-state index is 0.0672. The monoisotopic (exact) mass is 597 g/mol. The third-order valence-electron chi connectivity index (χ3n) is 10.1. The average Bonchev–Trinajstić information content (AvgIpc) is 2.92. The predicted molar refractivity (Wildman–Crippen MR) is 162 cm³/mol. The molecule has 0 radical (unpaired) electrons. The molecule has 3 aliphatic heterocycles. The van der Waals surface area contributed by atoms with Crippen LogP contribution in [0, 0.1) is 23.2 Å². The molecule has 10 nitrogen and oxygen atoms in total. The van der Waals surface area contributed by atoms with Gasteiger partial charge in [0.2, 0.25) is 0 Å². The van der Waals surface area contributed by atoms with Gasteiger partial charge in [0.25, 0.3) is 0 Å². The van der Waals surface area contributed by atoms with Crippen molar-refractivity contribution in [1.29, 1.82) is 0 Å². The van der Waals surface area contributed by atoms with Crippen molar-refractivity contribution >= 4 is 11.8 Å². The number of methoxy groups -OCH3 is 1. The van der Waals surface area contributed by atoms with Gasteiger partial charge in [-0.05, 0) is 106 Å². The second kappa shape index (κ2) is 14.8. The molecule has 0 aromatic rings. The van der Waals surface area contributed by atoms with E-state index < -0.39 is 35.3 Å². The summed E-state index contributed by atoms with van der Waals surface area (Å²) in [5, 5.41) is 11.1. The van der Waals surface area contributed by atoms with E-state index in [1.807, 2.05) is 32.8 Å². The average molecular weight is 598 g/mol. The van der Waals surface area contributed by atoms with E-state index in [0.717, 1.165) is 32.5 Å². The molecule has 8 atom stereocenters. The number of piperidine rings is 1. The van der Waals surface area contributed by atoms with Gasteiger partial charge in [0.05, 0.1) is 18.3 Å². The van der Waals surface area contributed by atoms with Crippen molar-refractivity contribution in [3.05, 3.63) is 0 Å². The molecular weight excluding hydrogens is 538 g/mol. The Labute approximate surface area is 254 Å². The molecule has 3 saturated heterocycles. The van der Waals surface area contributed by atoms with Crippen LogP contribution in [0.25, 0.3) is 0 Å². The number of esters is 1. The molecule has 0 amide bonds. The van der Waals surface area contributed by atoms with Gasteiger partial charge in [-0.25, -0.2) is 0 Å². The molecular formula is C32H59N3O7. The number of hydrogen-bond acceptors (Lipinski definition) is 10. The summed E-state index contributed by atoms with van der Waals surface area (Å²) in [5.41, 5.74) is -2.10. The third-order valence-corrected chi connectivity index (χ3v) is 10.1. The number of rotatable bonds is 6. The van der Waals surface area contributed by atoms with Crippen molar-refractivity contribution in [2.24, 2.45) is 23.2 Å². The lowest BCUT2D eigenvalue weighted by molar-refractivity contribution is -0.269. The Bertz CT molecular complexity index is 893. The van der Waals surface area contributed by atoms with Gasteiger partial charge in [0.1, 0.15) is 18.1 Å². The second-order valence-corrected chi connectivity index (χ2v) is 14.4. The smallest absolute Gasteiger partial charge is 0.319 e. The molecule has 0 aliphatic carbocycles. The lowest BCUT2D eigenvalue weighted by Gasteiger charge is -2.43. The van der Waals surface area contributed by atoms with Gasteiger partial charge in [-0.1, -0.05) is 13.8 Å². The normalized spacial score (nSPS) is 38.9. The molecule has 1 N–H and O–H groups in total. The first-order valence-corrected chi connectivity index (χ1v) is 15.9. The van der Waals surface area contributed by atoms with Crippen molar-refractivity contribution < 1.29 is 33.6 Å². The van der Waals surface area contributed by atoms with Crippen molar-refractivity contribution in [3.8, 4) is 0 Å². The van der Waals surface area contributed by atoms with Crippen molar-refractivity contribution in [1.82, 2.24) is 14.7 Å². The molecule has 3 aliphatic rings. The maximum atomic E-state index is 13.8. The Hall–Kier alpha value is -1.14. The van der Waals surface area contributed by atoms with Crippen LogP contribution in [0.4, 0.5) is 0 Å². The number of cyclic esters (lactones) is 1. The summed E-state index contributed by atoms with van der Waals surface area (Å²) in [6.45, 7) is 12.7. The summed E-state index contributed by atoms with van der Waals surface area (Å²) >= 11 is 0. The molecule has 10 heteroatoms. The predicted octanol–water partition coefficient (Wildman–Crippen LogP) is 2.66. The number of ether oxygens (including phenoxy) is 4. The molecule has 0 saturated carbocycles. The quantitative estimate of drug-likeness (QED) is 0.363. The first-order valence-electron chi connectivity index (χ1n) is 15.9. The lowest BCUT2D eigenvalue weighted by atomic mass is 9.76. The minimum Gasteiger partial charge on any atom is -0.463 e. The number of aliphatic hydroxyl groups excluding tert-OH is 1. The van der Waals surface area contributed by atoms with Gasteiger partial charge in [0.15, 0.2) is 12.1 Å². The van der Waals surface area contributed by atoms with Gasteiger partial charge >= 0.3 is 5.97 Å². The molecule has 0 unspecified atom stereocenters. The maximum absolute atomic E-state index is 13.8. The third kappa shape index (κ3) is 8.52. The zero-order valence-electron chi connectivity index (χ0n) is 27.9. The van der Waals surface area contributed by atoms with Crippen molar-refractivity contribution in [2.45, 2.75) is 103 Å². The molecule has 0 aromatic carbocycles. The Morgan fingerprint density at radius 1 is 1.07 bits per heavy atom. The molecule has 3 heterocycles. The van der Waals surface area contributed by atoms with Gasteiger partial charge in [-0.3, -0.25) is 14.5 Å². The number of Topliss-reactive ketones (excluding diaryl/α,β-unsaturated/α-hetero) is 1. The molecule has 3 rings (SSSR count). The van der Waals surface area contributed by atoms with Crippen LogP contribution >= 0.6 is 0 Å².